The van der Waals surface area contributed by atoms with Gasteiger partial charge in [0.05, 0.1) is 0 Å². The van der Waals surface area contributed by atoms with Crippen molar-refractivity contribution in [2.45, 2.75) is 130 Å². The molecular weight excluding hydrogens is 1160 g/mol. The summed E-state index contributed by atoms with van der Waals surface area (Å²) in [6.07, 6.45) is 1.94. The molecule has 0 fully saturated rings. The molecule has 0 unspecified atom stereocenters. The van der Waals surface area contributed by atoms with Crippen molar-refractivity contribution in [3.63, 3.8) is 0 Å². The van der Waals surface area contributed by atoms with Gasteiger partial charge < -0.3 is 19.1 Å². The van der Waals surface area contributed by atoms with Crippen LogP contribution in [-0.4, -0.2) is 9.55 Å². The standard InChI is InChI=1S/C74H75N4O.Pt/c1-48(2)60-32-24-33-61(49(3)4)69(60)50-39-57(77-47-76(66-42-53(71(5,6)7)35-36-65(66)77)56-30-23-29-55(41-56)73(11,12)51-25-17-15-18-26-51)44-58(40-50)79-59-45-63(74(13,14)52-27-19-16-20-28-52)70-62-31-21-22-34-64(62)78(67(70)46-59)68-43-54(37-38-75-68)72(8,9)10;/h15-43,45,47-49H,1-14H3;/q-3;. The summed E-state index contributed by atoms with van der Waals surface area (Å²) in [5, 5.41) is 2.26. The summed E-state index contributed by atoms with van der Waals surface area (Å²) in [6, 6.07) is 72.1. The number of rotatable bonds is 12. The summed E-state index contributed by atoms with van der Waals surface area (Å²) < 4.78 is 9.73. The van der Waals surface area contributed by atoms with E-state index in [1.807, 2.05) is 6.20 Å². The third-order valence-electron chi connectivity index (χ3n) is 16.6. The molecule has 0 atom stereocenters. The number of pyridine rings is 1. The van der Waals surface area contributed by atoms with Gasteiger partial charge in [-0.2, -0.15) is 0 Å². The van der Waals surface area contributed by atoms with Gasteiger partial charge in [-0.25, -0.2) is 4.98 Å². The van der Waals surface area contributed by atoms with Gasteiger partial charge in [0.15, 0.2) is 0 Å². The maximum Gasteiger partial charge on any atom is 0.135 e. The smallest absolute Gasteiger partial charge is 0.135 e. The van der Waals surface area contributed by atoms with Gasteiger partial charge >= 0.3 is 0 Å². The fourth-order valence-electron chi connectivity index (χ4n) is 11.7. The Morgan fingerprint density at radius 2 is 1.09 bits per heavy atom. The van der Waals surface area contributed by atoms with E-state index >= 15 is 0 Å². The number of fused-ring (bicyclic) bond motifs is 4. The second-order valence-electron chi connectivity index (χ2n) is 25.5. The molecule has 6 heteroatoms. The van der Waals surface area contributed by atoms with Crippen molar-refractivity contribution in [2.24, 2.45) is 0 Å². The average molecular weight is 1230 g/mol. The molecule has 5 nitrogen and oxygen atoms in total. The van der Waals surface area contributed by atoms with Crippen LogP contribution < -0.4 is 14.5 Å². The SMILES string of the molecule is CC(C)c1cccc(C(C)C)c1-c1cc(Oc2[c-]c3c(c(C(C)(C)c4ccccc4)c2)c2ccccc2n3-c2cc(C(C)(C)C)ccn2)[c-]c(N2[CH-]N(c3cccc(C(C)(C)c4ccccc4)c3)c3cc(C(C)(C)C)ccc32)c1.[Pt]. The second-order valence-corrected chi connectivity index (χ2v) is 25.5. The molecule has 0 spiro atoms. The van der Waals surface area contributed by atoms with Crippen molar-refractivity contribution in [3.05, 3.63) is 245 Å². The second kappa shape index (κ2) is 21.4. The fraction of sp³-hybridized carbons (Fsp3) is 0.270. The van der Waals surface area contributed by atoms with Gasteiger partial charge in [0.2, 0.25) is 0 Å². The molecule has 0 amide bonds. The molecule has 0 aliphatic carbocycles. The van der Waals surface area contributed by atoms with E-state index in [0.717, 1.165) is 61.5 Å². The Labute approximate surface area is 491 Å². The zero-order valence-corrected chi connectivity index (χ0v) is 51.3. The Balaban J connectivity index is 0.00000720. The fourth-order valence-corrected chi connectivity index (χ4v) is 11.7. The Kier molecular flexibility index (Phi) is 15.0. The molecule has 2 aromatic heterocycles. The largest absolute Gasteiger partial charge is 0.509 e. The van der Waals surface area contributed by atoms with Crippen LogP contribution in [0.5, 0.6) is 11.5 Å². The molecule has 0 saturated heterocycles. The normalized spacial score (nSPS) is 13.2. The van der Waals surface area contributed by atoms with Gasteiger partial charge in [-0.1, -0.05) is 223 Å². The number of anilines is 4. The van der Waals surface area contributed by atoms with Crippen LogP contribution in [0, 0.1) is 18.8 Å². The molecule has 8 aromatic carbocycles. The van der Waals surface area contributed by atoms with Gasteiger partial charge in [0, 0.05) is 66.8 Å². The van der Waals surface area contributed by atoms with Crippen LogP contribution >= 0.6 is 0 Å². The number of aromatic nitrogens is 2. The van der Waals surface area contributed by atoms with Crippen molar-refractivity contribution < 1.29 is 25.8 Å². The first-order valence-electron chi connectivity index (χ1n) is 28.2. The van der Waals surface area contributed by atoms with Crippen LogP contribution in [0.25, 0.3) is 38.8 Å². The van der Waals surface area contributed by atoms with Crippen molar-refractivity contribution >= 4 is 44.6 Å². The van der Waals surface area contributed by atoms with E-state index in [4.69, 9.17) is 9.72 Å². The van der Waals surface area contributed by atoms with Gasteiger partial charge in [0.1, 0.15) is 5.82 Å². The Hall–Kier alpha value is -7.20. The molecule has 3 heterocycles. The van der Waals surface area contributed by atoms with Crippen molar-refractivity contribution in [1.82, 2.24) is 9.55 Å². The number of para-hydroxylation sites is 1. The zero-order chi connectivity index (χ0) is 55.8. The molecule has 0 N–H and O–H groups in total. The summed E-state index contributed by atoms with van der Waals surface area (Å²) in [5.74, 6) is 2.59. The number of hydrogen-bond donors (Lipinski definition) is 0. The van der Waals surface area contributed by atoms with Crippen LogP contribution in [0.15, 0.2) is 182 Å². The van der Waals surface area contributed by atoms with Crippen LogP contribution in [0.2, 0.25) is 0 Å². The number of hydrogen-bond acceptors (Lipinski definition) is 4. The van der Waals surface area contributed by atoms with Gasteiger partial charge in [-0.05, 0) is 120 Å². The third-order valence-corrected chi connectivity index (χ3v) is 16.6. The number of ether oxygens (including phenoxy) is 1. The van der Waals surface area contributed by atoms with E-state index < -0.39 is 5.41 Å². The molecular formula is C74H75N4OPt-3. The van der Waals surface area contributed by atoms with Gasteiger partial charge in [-0.3, -0.25) is 0 Å². The summed E-state index contributed by atoms with van der Waals surface area (Å²) in [4.78, 5) is 9.75. The van der Waals surface area contributed by atoms with Crippen LogP contribution in [0.1, 0.15) is 153 Å². The first kappa shape index (κ1) is 56.1. The molecule has 0 bridgehead atoms. The van der Waals surface area contributed by atoms with E-state index in [-0.39, 0.29) is 49.1 Å². The third kappa shape index (κ3) is 10.3. The first-order valence-corrected chi connectivity index (χ1v) is 28.2. The minimum absolute atomic E-state index is 0. The zero-order valence-electron chi connectivity index (χ0n) is 49.1. The number of nitrogens with zero attached hydrogens (tertiary/aromatic N) is 4. The summed E-state index contributed by atoms with van der Waals surface area (Å²) in [6.45, 7) is 34.3. The summed E-state index contributed by atoms with van der Waals surface area (Å²) in [7, 11) is 0. The quantitative estimate of drug-likeness (QED) is 0.114. The Morgan fingerprint density at radius 3 is 1.74 bits per heavy atom. The first-order chi connectivity index (χ1) is 37.6. The van der Waals surface area contributed by atoms with E-state index in [1.165, 1.54) is 44.5 Å². The van der Waals surface area contributed by atoms with Gasteiger partial charge in [0.25, 0.3) is 0 Å². The Bertz CT molecular complexity index is 3860. The predicted molar refractivity (Wildman–Crippen MR) is 332 cm³/mol. The molecule has 0 radical (unpaired) electrons. The molecule has 1 aliphatic heterocycles. The maximum atomic E-state index is 7.45. The Morgan fingerprint density at radius 1 is 0.500 bits per heavy atom. The van der Waals surface area contributed by atoms with Gasteiger partial charge in [-0.15, -0.1) is 53.8 Å². The monoisotopic (exact) mass is 1230 g/mol. The molecule has 1 aliphatic rings. The minimum Gasteiger partial charge on any atom is -0.509 e. The molecule has 11 rings (SSSR count). The van der Waals surface area contributed by atoms with E-state index in [0.29, 0.717) is 11.5 Å². The van der Waals surface area contributed by atoms with Crippen LogP contribution in [0.3, 0.4) is 0 Å². The minimum atomic E-state index is -0.446. The van der Waals surface area contributed by atoms with E-state index in [1.54, 1.807) is 0 Å². The van der Waals surface area contributed by atoms with Crippen molar-refractivity contribution in [2.75, 3.05) is 9.80 Å². The maximum absolute atomic E-state index is 7.45. The molecule has 0 saturated carbocycles. The number of benzene rings is 8. The molecule has 80 heavy (non-hydrogen) atoms. The van der Waals surface area contributed by atoms with E-state index in [2.05, 4.69) is 306 Å². The van der Waals surface area contributed by atoms with Crippen molar-refractivity contribution in [3.8, 4) is 28.4 Å². The average Bonchev–Trinajstić information content (AvgIpc) is 4.22. The predicted octanol–water partition coefficient (Wildman–Crippen LogP) is 20.1. The molecule has 10 aromatic rings. The summed E-state index contributed by atoms with van der Waals surface area (Å²) >= 11 is 0. The van der Waals surface area contributed by atoms with Crippen molar-refractivity contribution in [1.29, 1.82) is 0 Å². The molecule has 410 valence electrons. The van der Waals surface area contributed by atoms with Crippen LogP contribution in [0.4, 0.5) is 22.7 Å². The topological polar surface area (TPSA) is 33.5 Å². The van der Waals surface area contributed by atoms with Crippen LogP contribution in [-0.2, 0) is 42.7 Å². The van der Waals surface area contributed by atoms with E-state index in [9.17, 15) is 0 Å². The summed E-state index contributed by atoms with van der Waals surface area (Å²) in [5.41, 5.74) is 17.5.